The lowest BCUT2D eigenvalue weighted by atomic mass is 9.82. The fraction of sp³-hybridized carbons (Fsp3) is 0. The number of phenols is 1. The maximum atomic E-state index is 12.5. The van der Waals surface area contributed by atoms with Crippen LogP contribution >= 0.6 is 0 Å². The molecular weight excluding hydrogens is 308 g/mol. The Balaban J connectivity index is 2.35. The third-order valence-electron chi connectivity index (χ3n) is 3.52. The van der Waals surface area contributed by atoms with E-state index in [4.69, 9.17) is 0 Å². The number of nitro groups is 2. The van der Waals surface area contributed by atoms with Crippen LogP contribution < -0.4 is 0 Å². The van der Waals surface area contributed by atoms with E-state index in [1.165, 1.54) is 0 Å². The predicted octanol–water partition coefficient (Wildman–Crippen LogP) is 1.98. The summed E-state index contributed by atoms with van der Waals surface area (Å²) in [6.07, 6.45) is 0. The Kier molecular flexibility index (Phi) is 2.93. The zero-order valence-corrected chi connectivity index (χ0v) is 11.2. The number of aromatic hydroxyl groups is 1. The molecule has 0 fully saturated rings. The molecule has 2 aromatic rings. The molecule has 1 aliphatic rings. The van der Waals surface area contributed by atoms with Crippen molar-refractivity contribution in [1.29, 1.82) is 0 Å². The molecule has 0 unspecified atom stereocenters. The van der Waals surface area contributed by atoms with Crippen LogP contribution in [0.15, 0.2) is 30.3 Å². The largest absolute Gasteiger partial charge is 0.507 e. The fourth-order valence-corrected chi connectivity index (χ4v) is 2.49. The van der Waals surface area contributed by atoms with Gasteiger partial charge in [0.25, 0.3) is 11.4 Å². The van der Waals surface area contributed by atoms with E-state index in [0.29, 0.717) is 0 Å². The molecule has 0 saturated carbocycles. The lowest BCUT2D eigenvalue weighted by molar-refractivity contribution is -0.385. The first kappa shape index (κ1) is 14.3. The first-order chi connectivity index (χ1) is 10.8. The molecule has 0 saturated heterocycles. The van der Waals surface area contributed by atoms with E-state index >= 15 is 0 Å². The highest BCUT2D eigenvalue weighted by Crippen LogP contribution is 2.38. The van der Waals surface area contributed by atoms with Gasteiger partial charge in [0.05, 0.1) is 15.4 Å². The Labute approximate surface area is 127 Å². The van der Waals surface area contributed by atoms with Gasteiger partial charge in [-0.2, -0.15) is 0 Å². The Hall–Kier alpha value is -3.62. The third-order valence-corrected chi connectivity index (χ3v) is 3.52. The molecule has 0 spiro atoms. The Morgan fingerprint density at radius 3 is 2.09 bits per heavy atom. The highest BCUT2D eigenvalue weighted by Gasteiger charge is 2.38. The maximum absolute atomic E-state index is 12.5. The first-order valence-electron chi connectivity index (χ1n) is 6.21. The minimum Gasteiger partial charge on any atom is -0.507 e. The number of hydrogen-bond donors (Lipinski definition) is 1. The van der Waals surface area contributed by atoms with Crippen LogP contribution in [0.1, 0.15) is 31.8 Å². The van der Waals surface area contributed by atoms with E-state index in [9.17, 15) is 34.9 Å². The van der Waals surface area contributed by atoms with E-state index in [1.807, 2.05) is 0 Å². The van der Waals surface area contributed by atoms with E-state index in [0.717, 1.165) is 30.3 Å². The Morgan fingerprint density at radius 2 is 1.48 bits per heavy atom. The second kappa shape index (κ2) is 4.70. The summed E-state index contributed by atoms with van der Waals surface area (Å²) in [7, 11) is 0. The number of fused-ring (bicyclic) bond motifs is 2. The zero-order chi connectivity index (χ0) is 16.9. The van der Waals surface area contributed by atoms with Gasteiger partial charge in [0, 0.05) is 29.3 Å². The molecule has 2 aromatic carbocycles. The van der Waals surface area contributed by atoms with Gasteiger partial charge in [-0.1, -0.05) is 0 Å². The second-order valence-electron chi connectivity index (χ2n) is 4.76. The molecule has 0 amide bonds. The quantitative estimate of drug-likeness (QED) is 0.563. The monoisotopic (exact) mass is 314 g/mol. The summed E-state index contributed by atoms with van der Waals surface area (Å²) in [5, 5.41) is 31.7. The maximum Gasteiger partial charge on any atom is 0.281 e. The number of nitro benzene ring substituents is 2. The van der Waals surface area contributed by atoms with Crippen LogP contribution in [-0.2, 0) is 0 Å². The van der Waals surface area contributed by atoms with E-state index < -0.39 is 49.7 Å². The molecule has 1 aliphatic carbocycles. The predicted molar refractivity (Wildman–Crippen MR) is 74.7 cm³/mol. The summed E-state index contributed by atoms with van der Waals surface area (Å²) < 4.78 is 0. The molecule has 23 heavy (non-hydrogen) atoms. The van der Waals surface area contributed by atoms with Crippen molar-refractivity contribution in [2.24, 2.45) is 0 Å². The number of non-ortho nitro benzene ring substituents is 1. The summed E-state index contributed by atoms with van der Waals surface area (Å²) in [4.78, 5) is 45.2. The van der Waals surface area contributed by atoms with Gasteiger partial charge in [-0.3, -0.25) is 29.8 Å². The van der Waals surface area contributed by atoms with Gasteiger partial charge in [0.1, 0.15) is 11.3 Å². The van der Waals surface area contributed by atoms with Crippen molar-refractivity contribution < 1.29 is 24.5 Å². The molecule has 9 heteroatoms. The molecule has 3 rings (SSSR count). The lowest BCUT2D eigenvalue weighted by Gasteiger charge is -2.17. The van der Waals surface area contributed by atoms with Gasteiger partial charge < -0.3 is 5.11 Å². The molecule has 0 aromatic heterocycles. The van der Waals surface area contributed by atoms with Crippen LogP contribution in [-0.4, -0.2) is 26.5 Å². The number of nitrogens with zero attached hydrogens (tertiary/aromatic N) is 2. The average molecular weight is 314 g/mol. The second-order valence-corrected chi connectivity index (χ2v) is 4.76. The van der Waals surface area contributed by atoms with Crippen molar-refractivity contribution in [3.63, 3.8) is 0 Å². The van der Waals surface area contributed by atoms with Crippen molar-refractivity contribution in [2.75, 3.05) is 0 Å². The zero-order valence-electron chi connectivity index (χ0n) is 11.2. The number of carbonyl (C=O) groups excluding carboxylic acids is 2. The van der Waals surface area contributed by atoms with Gasteiger partial charge in [-0.15, -0.1) is 0 Å². The topological polar surface area (TPSA) is 141 Å². The standard InChI is InChI=1S/C14H6N2O7/c17-10-4-3-9(16(22)23)11-12(10)14(19)8-5-6(15(20)21)1-2-7(8)13(11)18/h1-5,17H. The summed E-state index contributed by atoms with van der Waals surface area (Å²) in [5.41, 5.74) is -2.49. The van der Waals surface area contributed by atoms with E-state index in [-0.39, 0.29) is 11.1 Å². The number of phenolic OH excluding ortho intramolecular Hbond substituents is 1. The van der Waals surface area contributed by atoms with Crippen LogP contribution in [0.3, 0.4) is 0 Å². The van der Waals surface area contributed by atoms with Crippen molar-refractivity contribution in [1.82, 2.24) is 0 Å². The van der Waals surface area contributed by atoms with Crippen LogP contribution in [0.25, 0.3) is 0 Å². The van der Waals surface area contributed by atoms with Crippen molar-refractivity contribution in [3.8, 4) is 5.75 Å². The van der Waals surface area contributed by atoms with Gasteiger partial charge in [0.15, 0.2) is 5.78 Å². The number of hydrogen-bond acceptors (Lipinski definition) is 7. The molecule has 114 valence electrons. The molecule has 0 radical (unpaired) electrons. The van der Waals surface area contributed by atoms with Crippen molar-refractivity contribution in [2.45, 2.75) is 0 Å². The minimum absolute atomic E-state index is 0.179. The molecule has 0 bridgehead atoms. The van der Waals surface area contributed by atoms with Crippen LogP contribution in [0.5, 0.6) is 5.75 Å². The minimum atomic E-state index is -0.875. The fourth-order valence-electron chi connectivity index (χ4n) is 2.49. The summed E-state index contributed by atoms with van der Waals surface area (Å²) in [6, 6.07) is 4.88. The summed E-state index contributed by atoms with van der Waals surface area (Å²) >= 11 is 0. The average Bonchev–Trinajstić information content (AvgIpc) is 2.51. The van der Waals surface area contributed by atoms with Crippen molar-refractivity contribution >= 4 is 22.9 Å². The number of benzene rings is 2. The number of rotatable bonds is 2. The third kappa shape index (κ3) is 1.94. The molecule has 0 heterocycles. The van der Waals surface area contributed by atoms with Gasteiger partial charge >= 0.3 is 0 Å². The van der Waals surface area contributed by atoms with Gasteiger partial charge in [0.2, 0.25) is 5.78 Å². The summed E-state index contributed by atoms with van der Waals surface area (Å²) in [6.45, 7) is 0. The van der Waals surface area contributed by atoms with E-state index in [2.05, 4.69) is 0 Å². The van der Waals surface area contributed by atoms with Crippen LogP contribution in [0, 0.1) is 20.2 Å². The van der Waals surface area contributed by atoms with Gasteiger partial charge in [-0.05, 0) is 12.1 Å². The van der Waals surface area contributed by atoms with Crippen LogP contribution in [0.4, 0.5) is 11.4 Å². The van der Waals surface area contributed by atoms with E-state index in [1.54, 1.807) is 0 Å². The lowest BCUT2D eigenvalue weighted by Crippen LogP contribution is -2.22. The Bertz CT molecular complexity index is 933. The molecule has 0 aliphatic heterocycles. The normalized spacial score (nSPS) is 12.5. The van der Waals surface area contributed by atoms with Crippen molar-refractivity contribution in [3.05, 3.63) is 72.8 Å². The molecule has 9 nitrogen and oxygen atoms in total. The van der Waals surface area contributed by atoms with Gasteiger partial charge in [-0.25, -0.2) is 0 Å². The highest BCUT2D eigenvalue weighted by atomic mass is 16.6. The SMILES string of the molecule is O=C1c2cc([N+](=O)[O-])ccc2C(=O)c2c([N+](=O)[O-])ccc(O)c21. The molecular formula is C14H6N2O7. The molecule has 1 N–H and O–H groups in total. The highest BCUT2D eigenvalue weighted by molar-refractivity contribution is 6.30. The van der Waals surface area contributed by atoms with Crippen LogP contribution in [0.2, 0.25) is 0 Å². The number of carbonyl (C=O) groups is 2. The number of ketones is 2. The molecule has 0 atom stereocenters. The Morgan fingerprint density at radius 1 is 0.826 bits per heavy atom. The smallest absolute Gasteiger partial charge is 0.281 e. The summed E-state index contributed by atoms with van der Waals surface area (Å²) in [5.74, 6) is -2.31. The first-order valence-corrected chi connectivity index (χ1v) is 6.21.